The van der Waals surface area contributed by atoms with Crippen molar-refractivity contribution in [1.82, 2.24) is 0 Å². The van der Waals surface area contributed by atoms with Gasteiger partial charge < -0.3 is 0 Å². The van der Waals surface area contributed by atoms with E-state index in [9.17, 15) is 0 Å². The second kappa shape index (κ2) is 5.88. The number of rotatable bonds is 4. The highest BCUT2D eigenvalue weighted by atomic mass is 14.2. The van der Waals surface area contributed by atoms with Gasteiger partial charge in [0.2, 0.25) is 0 Å². The summed E-state index contributed by atoms with van der Waals surface area (Å²) in [6.45, 7) is 9.47. The lowest BCUT2D eigenvalue weighted by Gasteiger charge is -2.30. The maximum absolute atomic E-state index is 2.37. The summed E-state index contributed by atoms with van der Waals surface area (Å²) < 4.78 is 0. The summed E-state index contributed by atoms with van der Waals surface area (Å²) in [5.74, 6) is 3.90. The normalized spacial score (nSPS) is 28.1. The summed E-state index contributed by atoms with van der Waals surface area (Å²) >= 11 is 0. The molecule has 0 spiro atoms. The Morgan fingerprint density at radius 3 is 1.64 bits per heavy atom. The van der Waals surface area contributed by atoms with E-state index >= 15 is 0 Å². The molecule has 0 nitrogen and oxygen atoms in total. The Labute approximate surface area is 91.7 Å². The average Bonchev–Trinajstić information content (AvgIpc) is 2.01. The van der Waals surface area contributed by atoms with E-state index in [-0.39, 0.29) is 0 Å². The van der Waals surface area contributed by atoms with Crippen LogP contribution in [0, 0.1) is 0 Å². The Morgan fingerprint density at radius 2 is 1.29 bits per heavy atom. The second-order valence-electron chi connectivity index (χ2n) is 6.16. The largest absolute Gasteiger partial charge is 0.126 e. The summed E-state index contributed by atoms with van der Waals surface area (Å²) in [6.07, 6.45) is 6.03. The first-order chi connectivity index (χ1) is 6.58. The smallest absolute Gasteiger partial charge is 0.0710 e. The first-order valence-electron chi connectivity index (χ1n) is 6.58. The van der Waals surface area contributed by atoms with Crippen LogP contribution in [0.25, 0.3) is 0 Å². The Kier molecular flexibility index (Phi) is 5.12. The van der Waals surface area contributed by atoms with Crippen molar-refractivity contribution in [2.24, 2.45) is 0 Å². The third kappa shape index (κ3) is 4.57. The van der Waals surface area contributed by atoms with Gasteiger partial charge in [-0.1, -0.05) is 76.6 Å². The SMILES string of the molecule is CC(C)BC1CCCC(BC(C)C)C1. The van der Waals surface area contributed by atoms with Crippen molar-refractivity contribution in [3.8, 4) is 0 Å². The van der Waals surface area contributed by atoms with Crippen molar-refractivity contribution in [2.75, 3.05) is 0 Å². The quantitative estimate of drug-likeness (QED) is 0.596. The molecule has 0 bridgehead atoms. The van der Waals surface area contributed by atoms with Gasteiger partial charge in [0, 0.05) is 0 Å². The Balaban J connectivity index is 2.28. The van der Waals surface area contributed by atoms with Crippen LogP contribution >= 0.6 is 0 Å². The van der Waals surface area contributed by atoms with Crippen LogP contribution in [0.5, 0.6) is 0 Å². The van der Waals surface area contributed by atoms with E-state index in [4.69, 9.17) is 0 Å². The predicted octanol–water partition coefficient (Wildman–Crippen LogP) is 3.67. The molecule has 1 saturated carbocycles. The molecule has 0 saturated heterocycles. The van der Waals surface area contributed by atoms with Crippen molar-refractivity contribution in [2.45, 2.75) is 76.6 Å². The minimum atomic E-state index is 0.901. The third-order valence-corrected chi connectivity index (χ3v) is 3.50. The molecule has 2 atom stereocenters. The topological polar surface area (TPSA) is 0 Å². The van der Waals surface area contributed by atoms with Gasteiger partial charge >= 0.3 is 0 Å². The van der Waals surface area contributed by atoms with Crippen LogP contribution in [0.1, 0.15) is 53.4 Å². The van der Waals surface area contributed by atoms with E-state index in [2.05, 4.69) is 27.7 Å². The molecule has 1 aliphatic rings. The third-order valence-electron chi connectivity index (χ3n) is 3.50. The summed E-state index contributed by atoms with van der Waals surface area (Å²) in [6, 6.07) is 0. The Hall–Kier alpha value is 0.130. The van der Waals surface area contributed by atoms with Crippen molar-refractivity contribution in [1.29, 1.82) is 0 Å². The molecule has 1 aliphatic carbocycles. The molecule has 0 aromatic rings. The standard InChI is InChI=1S/C12H26B2/c1-9(2)13-11-6-5-7-12(8-11)14-10(3)4/h9-14H,5-8H2,1-4H3. The van der Waals surface area contributed by atoms with Gasteiger partial charge in [-0.3, -0.25) is 0 Å². The van der Waals surface area contributed by atoms with E-state index in [1.54, 1.807) is 0 Å². The van der Waals surface area contributed by atoms with Gasteiger partial charge in [-0.2, -0.15) is 0 Å². The second-order valence-corrected chi connectivity index (χ2v) is 6.16. The highest BCUT2D eigenvalue weighted by Gasteiger charge is 2.24. The van der Waals surface area contributed by atoms with Crippen molar-refractivity contribution in [3.05, 3.63) is 0 Å². The molecule has 0 aromatic carbocycles. The van der Waals surface area contributed by atoms with E-state index < -0.39 is 0 Å². The van der Waals surface area contributed by atoms with Crippen LogP contribution in [0.2, 0.25) is 23.3 Å². The highest BCUT2D eigenvalue weighted by Crippen LogP contribution is 2.38. The van der Waals surface area contributed by atoms with Crippen LogP contribution in [-0.4, -0.2) is 14.6 Å². The monoisotopic (exact) mass is 192 g/mol. The molecule has 14 heavy (non-hydrogen) atoms. The van der Waals surface area contributed by atoms with E-state index in [0.717, 1.165) is 23.3 Å². The zero-order valence-corrected chi connectivity index (χ0v) is 10.6. The van der Waals surface area contributed by atoms with Gasteiger partial charge in [-0.05, 0) is 0 Å². The van der Waals surface area contributed by atoms with Gasteiger partial charge in [0.15, 0.2) is 0 Å². The molecule has 0 amide bonds. The van der Waals surface area contributed by atoms with Crippen molar-refractivity contribution >= 4 is 14.6 Å². The fourth-order valence-corrected chi connectivity index (χ4v) is 3.16. The molecular weight excluding hydrogens is 166 g/mol. The lowest BCUT2D eigenvalue weighted by molar-refractivity contribution is 0.492. The Morgan fingerprint density at radius 1 is 0.857 bits per heavy atom. The number of hydrogen-bond donors (Lipinski definition) is 0. The van der Waals surface area contributed by atoms with Crippen LogP contribution in [0.4, 0.5) is 0 Å². The first-order valence-corrected chi connectivity index (χ1v) is 6.58. The minimum absolute atomic E-state index is 0.901. The van der Waals surface area contributed by atoms with Gasteiger partial charge in [0.05, 0.1) is 0 Å². The molecule has 0 aromatic heterocycles. The zero-order chi connectivity index (χ0) is 10.6. The molecule has 1 fully saturated rings. The van der Waals surface area contributed by atoms with E-state index in [1.807, 2.05) is 0 Å². The minimum Gasteiger partial charge on any atom is -0.0710 e. The molecule has 1 rings (SSSR count). The summed E-state index contributed by atoms with van der Waals surface area (Å²) in [7, 11) is 2.93. The van der Waals surface area contributed by atoms with Gasteiger partial charge in [-0.25, -0.2) is 0 Å². The molecule has 2 unspecified atom stereocenters. The molecule has 0 aliphatic heterocycles. The predicted molar refractivity (Wildman–Crippen MR) is 70.5 cm³/mol. The molecular formula is C12H26B2. The fourth-order valence-electron chi connectivity index (χ4n) is 3.16. The molecule has 0 radical (unpaired) electrons. The molecule has 0 N–H and O–H groups in total. The van der Waals surface area contributed by atoms with Gasteiger partial charge in [0.25, 0.3) is 0 Å². The van der Waals surface area contributed by atoms with Crippen LogP contribution in [-0.2, 0) is 0 Å². The van der Waals surface area contributed by atoms with Gasteiger partial charge in [0.1, 0.15) is 14.6 Å². The summed E-state index contributed by atoms with van der Waals surface area (Å²) in [5.41, 5.74) is 0. The molecule has 2 heteroatoms. The lowest BCUT2D eigenvalue weighted by atomic mass is 9.44. The zero-order valence-electron chi connectivity index (χ0n) is 10.6. The summed E-state index contributed by atoms with van der Waals surface area (Å²) in [4.78, 5) is 0. The fraction of sp³-hybridized carbons (Fsp3) is 1.00. The van der Waals surface area contributed by atoms with Crippen molar-refractivity contribution in [3.63, 3.8) is 0 Å². The molecule has 80 valence electrons. The van der Waals surface area contributed by atoms with Crippen molar-refractivity contribution < 1.29 is 0 Å². The van der Waals surface area contributed by atoms with E-state index in [0.29, 0.717) is 0 Å². The Bertz CT molecular complexity index is 138. The van der Waals surface area contributed by atoms with Crippen LogP contribution in [0.15, 0.2) is 0 Å². The van der Waals surface area contributed by atoms with Crippen LogP contribution < -0.4 is 0 Å². The number of hydrogen-bond acceptors (Lipinski definition) is 0. The van der Waals surface area contributed by atoms with E-state index in [1.165, 1.54) is 40.2 Å². The maximum atomic E-state index is 2.37. The van der Waals surface area contributed by atoms with Crippen LogP contribution in [0.3, 0.4) is 0 Å². The first kappa shape index (κ1) is 12.2. The average molecular weight is 192 g/mol. The highest BCUT2D eigenvalue weighted by molar-refractivity contribution is 6.41. The lowest BCUT2D eigenvalue weighted by Crippen LogP contribution is -2.18. The molecule has 0 heterocycles. The summed E-state index contributed by atoms with van der Waals surface area (Å²) in [5, 5.41) is 0. The maximum Gasteiger partial charge on any atom is 0.126 e. The van der Waals surface area contributed by atoms with Gasteiger partial charge in [-0.15, -0.1) is 0 Å².